The lowest BCUT2D eigenvalue weighted by molar-refractivity contribution is -0.140. The molecule has 0 aliphatic rings. The van der Waals surface area contributed by atoms with Gasteiger partial charge in [-0.25, -0.2) is 13.9 Å². The van der Waals surface area contributed by atoms with E-state index in [-0.39, 0.29) is 12.2 Å². The van der Waals surface area contributed by atoms with Gasteiger partial charge in [-0.2, -0.15) is 12.6 Å². The van der Waals surface area contributed by atoms with Gasteiger partial charge in [0.15, 0.2) is 6.04 Å². The SMILES string of the molecule is CC(=O)Oc1cc(C)cc(C)c1C(C)(C)CC(=O)SN(C(=O)OC(C)(C)C)C(CS)C(=O)O. The topological polar surface area (TPSA) is 110 Å². The van der Waals surface area contributed by atoms with Gasteiger partial charge in [0.25, 0.3) is 0 Å². The van der Waals surface area contributed by atoms with E-state index in [1.54, 1.807) is 26.8 Å². The molecule has 1 amide bonds. The molecule has 0 bridgehead atoms. The van der Waals surface area contributed by atoms with E-state index in [1.165, 1.54) is 6.92 Å². The third-order valence-electron chi connectivity index (χ3n) is 4.48. The van der Waals surface area contributed by atoms with Crippen LogP contribution in [0.2, 0.25) is 0 Å². The van der Waals surface area contributed by atoms with E-state index in [0.29, 0.717) is 23.3 Å². The van der Waals surface area contributed by atoms with E-state index in [0.717, 1.165) is 15.4 Å². The minimum Gasteiger partial charge on any atom is -0.480 e. The van der Waals surface area contributed by atoms with Crippen molar-refractivity contribution in [3.8, 4) is 5.75 Å². The van der Waals surface area contributed by atoms with Crippen molar-refractivity contribution in [1.82, 2.24) is 4.31 Å². The number of hydrogen-bond donors (Lipinski definition) is 2. The van der Waals surface area contributed by atoms with Gasteiger partial charge in [0.05, 0.1) is 0 Å². The molecule has 0 aromatic heterocycles. The highest BCUT2D eigenvalue weighted by atomic mass is 32.2. The van der Waals surface area contributed by atoms with Gasteiger partial charge in [-0.1, -0.05) is 19.9 Å². The number of benzene rings is 1. The fraction of sp³-hybridized carbons (Fsp3) is 0.565. The van der Waals surface area contributed by atoms with Gasteiger partial charge in [0.1, 0.15) is 11.4 Å². The Hall–Kier alpha value is -2.20. The molecule has 0 aliphatic carbocycles. The van der Waals surface area contributed by atoms with Gasteiger partial charge in [0.2, 0.25) is 5.12 Å². The van der Waals surface area contributed by atoms with E-state index in [1.807, 2.05) is 33.8 Å². The maximum atomic E-state index is 13.1. The lowest BCUT2D eigenvalue weighted by atomic mass is 9.78. The molecule has 1 N–H and O–H groups in total. The number of rotatable bonds is 7. The van der Waals surface area contributed by atoms with Crippen molar-refractivity contribution in [3.05, 3.63) is 28.8 Å². The standard InChI is InChI=1S/C23H33NO7S2/c1-13-9-14(2)19(17(10-13)30-15(3)25)23(7,8)11-18(26)33-24(16(12-32)20(27)28)21(29)31-22(4,5)6/h9-10,16,32H,11-12H2,1-8H3,(H,27,28). The van der Waals surface area contributed by atoms with Gasteiger partial charge in [0, 0.05) is 42.0 Å². The second-order valence-corrected chi connectivity index (χ2v) is 10.8. The molecular weight excluding hydrogens is 466 g/mol. The highest BCUT2D eigenvalue weighted by Crippen LogP contribution is 2.39. The van der Waals surface area contributed by atoms with Crippen LogP contribution >= 0.6 is 24.6 Å². The molecule has 8 nitrogen and oxygen atoms in total. The zero-order valence-corrected chi connectivity index (χ0v) is 22.1. The van der Waals surface area contributed by atoms with Crippen LogP contribution in [0.25, 0.3) is 0 Å². The predicted molar refractivity (Wildman–Crippen MR) is 131 cm³/mol. The van der Waals surface area contributed by atoms with Gasteiger partial charge in [-0.3, -0.25) is 9.59 Å². The van der Waals surface area contributed by atoms with Crippen LogP contribution in [0.5, 0.6) is 5.75 Å². The minimum atomic E-state index is -1.36. The van der Waals surface area contributed by atoms with Crippen LogP contribution < -0.4 is 4.74 Å². The second-order valence-electron chi connectivity index (χ2n) is 9.42. The number of amides is 1. The van der Waals surface area contributed by atoms with Crippen molar-refractivity contribution in [2.45, 2.75) is 78.9 Å². The number of thiol groups is 1. The maximum absolute atomic E-state index is 13.1. The molecule has 1 aromatic rings. The Morgan fingerprint density at radius 3 is 2.15 bits per heavy atom. The number of nitrogens with zero attached hydrogens (tertiary/aromatic N) is 1. The van der Waals surface area contributed by atoms with E-state index in [4.69, 9.17) is 9.47 Å². The van der Waals surface area contributed by atoms with Gasteiger partial charge in [-0.05, 0) is 51.8 Å². The van der Waals surface area contributed by atoms with Gasteiger partial charge >= 0.3 is 18.0 Å². The van der Waals surface area contributed by atoms with Crippen molar-refractivity contribution in [3.63, 3.8) is 0 Å². The molecule has 0 heterocycles. The third kappa shape index (κ3) is 8.58. The van der Waals surface area contributed by atoms with E-state index < -0.39 is 40.2 Å². The average Bonchev–Trinajstić information content (AvgIpc) is 2.57. The summed E-state index contributed by atoms with van der Waals surface area (Å²) in [5, 5.41) is 9.07. The molecule has 0 spiro atoms. The molecule has 1 aromatic carbocycles. The summed E-state index contributed by atoms with van der Waals surface area (Å²) in [7, 11) is 0. The smallest absolute Gasteiger partial charge is 0.421 e. The summed E-state index contributed by atoms with van der Waals surface area (Å²) in [5.74, 6) is -1.62. The Kier molecular flexibility index (Phi) is 9.86. The van der Waals surface area contributed by atoms with E-state index >= 15 is 0 Å². The Morgan fingerprint density at radius 1 is 1.12 bits per heavy atom. The zero-order chi connectivity index (χ0) is 25.7. The minimum absolute atomic E-state index is 0.0615. The first-order valence-electron chi connectivity index (χ1n) is 10.4. The quantitative estimate of drug-likeness (QED) is 0.241. The van der Waals surface area contributed by atoms with Crippen LogP contribution in [0.15, 0.2) is 12.1 Å². The van der Waals surface area contributed by atoms with Crippen molar-refractivity contribution in [2.75, 3.05) is 5.75 Å². The monoisotopic (exact) mass is 499 g/mol. The van der Waals surface area contributed by atoms with Crippen molar-refractivity contribution in [2.24, 2.45) is 0 Å². The van der Waals surface area contributed by atoms with E-state index in [9.17, 15) is 24.3 Å². The molecule has 0 saturated heterocycles. The molecule has 10 heteroatoms. The number of ether oxygens (including phenoxy) is 2. The first-order chi connectivity index (χ1) is 15.0. The first kappa shape index (κ1) is 28.8. The predicted octanol–water partition coefficient (Wildman–Crippen LogP) is 4.69. The number of carboxylic acid groups (broad SMARTS) is 1. The molecule has 0 saturated carbocycles. The van der Waals surface area contributed by atoms with Crippen LogP contribution in [0.3, 0.4) is 0 Å². The molecular formula is C23H33NO7S2. The normalized spacial score (nSPS) is 12.6. The third-order valence-corrected chi connectivity index (χ3v) is 5.77. The summed E-state index contributed by atoms with van der Waals surface area (Å²) < 4.78 is 11.5. The molecule has 0 aliphatic heterocycles. The Labute approximate surface area is 204 Å². The molecule has 1 atom stereocenters. The van der Waals surface area contributed by atoms with Crippen LogP contribution in [0.4, 0.5) is 4.79 Å². The lowest BCUT2D eigenvalue weighted by Gasteiger charge is -2.31. The fourth-order valence-corrected chi connectivity index (χ4v) is 4.89. The summed E-state index contributed by atoms with van der Waals surface area (Å²) in [6, 6.07) is 2.30. The van der Waals surface area contributed by atoms with Gasteiger partial charge < -0.3 is 14.6 Å². The zero-order valence-electron chi connectivity index (χ0n) is 20.3. The van der Waals surface area contributed by atoms with Gasteiger partial charge in [-0.15, -0.1) is 0 Å². The fourth-order valence-electron chi connectivity index (χ4n) is 3.41. The lowest BCUT2D eigenvalue weighted by Crippen LogP contribution is -2.45. The summed E-state index contributed by atoms with van der Waals surface area (Å²) in [5.41, 5.74) is 0.766. The maximum Gasteiger partial charge on any atom is 0.421 e. The highest BCUT2D eigenvalue weighted by Gasteiger charge is 2.37. The highest BCUT2D eigenvalue weighted by molar-refractivity contribution is 8.12. The Morgan fingerprint density at radius 2 is 1.70 bits per heavy atom. The van der Waals surface area contributed by atoms with Crippen LogP contribution in [-0.2, 0) is 24.5 Å². The number of carboxylic acids is 1. The summed E-state index contributed by atoms with van der Waals surface area (Å²) in [6.07, 6.45) is -0.999. The van der Waals surface area contributed by atoms with Crippen molar-refractivity contribution >= 4 is 47.7 Å². The largest absolute Gasteiger partial charge is 0.480 e. The van der Waals surface area contributed by atoms with Crippen molar-refractivity contribution in [1.29, 1.82) is 0 Å². The van der Waals surface area contributed by atoms with Crippen molar-refractivity contribution < 1.29 is 33.8 Å². The molecule has 33 heavy (non-hydrogen) atoms. The number of hydrogen-bond acceptors (Lipinski definition) is 8. The second kappa shape index (κ2) is 11.3. The number of esters is 1. The molecule has 1 unspecified atom stereocenters. The number of carbonyl (C=O) groups excluding carboxylic acids is 3. The summed E-state index contributed by atoms with van der Waals surface area (Å²) in [4.78, 5) is 49.0. The number of aliphatic carboxylic acids is 1. The molecule has 0 fully saturated rings. The van der Waals surface area contributed by atoms with Crippen LogP contribution in [-0.4, -0.2) is 50.0 Å². The molecule has 184 valence electrons. The number of aryl methyl sites for hydroxylation is 2. The number of carbonyl (C=O) groups is 4. The van der Waals surface area contributed by atoms with Crippen LogP contribution in [0.1, 0.15) is 64.7 Å². The molecule has 0 radical (unpaired) electrons. The average molecular weight is 500 g/mol. The first-order valence-corrected chi connectivity index (χ1v) is 11.8. The van der Waals surface area contributed by atoms with Crippen LogP contribution in [0, 0.1) is 13.8 Å². The Balaban J connectivity index is 3.26. The molecule has 1 rings (SSSR count). The van der Waals surface area contributed by atoms with E-state index in [2.05, 4.69) is 12.6 Å². The summed E-state index contributed by atoms with van der Waals surface area (Å²) >= 11 is 4.52. The summed E-state index contributed by atoms with van der Waals surface area (Å²) in [6.45, 7) is 13.6. The Bertz CT molecular complexity index is 922.